The molecule has 0 aromatic heterocycles. The van der Waals surface area contributed by atoms with Crippen LogP contribution in [0.2, 0.25) is 0 Å². The number of benzene rings is 9. The van der Waals surface area contributed by atoms with Crippen LogP contribution in [-0.4, -0.2) is 6.54 Å². The average Bonchev–Trinajstić information content (AvgIpc) is 3.79. The van der Waals surface area contributed by atoms with E-state index in [2.05, 4.69) is 216 Å². The van der Waals surface area contributed by atoms with Gasteiger partial charge in [0, 0.05) is 41.1 Å². The molecule has 2 heteroatoms. The number of hydrogen-bond donors (Lipinski definition) is 0. The van der Waals surface area contributed by atoms with Gasteiger partial charge in [-0.2, -0.15) is 0 Å². The predicted octanol–water partition coefficient (Wildman–Crippen LogP) is 14.8. The smallest absolute Gasteiger partial charge is 0.0726 e. The lowest BCUT2D eigenvalue weighted by atomic mass is 9.70. The highest BCUT2D eigenvalue weighted by atomic mass is 15.2. The van der Waals surface area contributed by atoms with Gasteiger partial charge in [0.15, 0.2) is 0 Å². The number of para-hydroxylation sites is 3. The Kier molecular flexibility index (Phi) is 7.51. The van der Waals surface area contributed by atoms with Crippen LogP contribution in [-0.2, 0) is 18.3 Å². The van der Waals surface area contributed by atoms with Crippen molar-refractivity contribution in [3.05, 3.63) is 244 Å². The number of rotatable bonds is 4. The Balaban J connectivity index is 0.953. The van der Waals surface area contributed by atoms with E-state index in [1.807, 2.05) is 0 Å². The number of nitrogens with zero attached hydrogens (tertiary/aromatic N) is 2. The van der Waals surface area contributed by atoms with Crippen molar-refractivity contribution in [2.24, 2.45) is 0 Å². The fourth-order valence-corrected chi connectivity index (χ4v) is 11.4. The Hall–Kier alpha value is -7.42. The SMILES string of the molecule is C(=Cc1cccc2c(N3c4ccccc4Cc4ccccc43)cccc12)c1ccc2c(c1)C1(c3ccccc3-c3ccccc31)c1cc(N3CCCc4ccccc43)ccc1-2. The second-order valence-electron chi connectivity index (χ2n) is 17.1. The van der Waals surface area contributed by atoms with Gasteiger partial charge in [-0.3, -0.25) is 0 Å². The van der Waals surface area contributed by atoms with Crippen LogP contribution < -0.4 is 9.80 Å². The van der Waals surface area contributed by atoms with Crippen LogP contribution in [0.15, 0.2) is 194 Å². The van der Waals surface area contributed by atoms with Crippen molar-refractivity contribution in [1.82, 2.24) is 0 Å². The molecule has 0 saturated heterocycles. The van der Waals surface area contributed by atoms with E-state index >= 15 is 0 Å². The molecule has 0 fully saturated rings. The third-order valence-electron chi connectivity index (χ3n) is 14.0. The summed E-state index contributed by atoms with van der Waals surface area (Å²) in [5.74, 6) is 0. The Labute approximate surface area is 357 Å². The zero-order chi connectivity index (χ0) is 40.1. The quantitative estimate of drug-likeness (QED) is 0.164. The van der Waals surface area contributed by atoms with Gasteiger partial charge < -0.3 is 9.80 Å². The molecule has 0 amide bonds. The first kappa shape index (κ1) is 34.4. The molecule has 0 bridgehead atoms. The second kappa shape index (κ2) is 13.3. The molecule has 0 N–H and O–H groups in total. The molecule has 0 saturated carbocycles. The van der Waals surface area contributed by atoms with Crippen molar-refractivity contribution in [2.75, 3.05) is 16.3 Å². The van der Waals surface area contributed by atoms with Gasteiger partial charge in [0.25, 0.3) is 0 Å². The molecule has 0 radical (unpaired) electrons. The van der Waals surface area contributed by atoms with Gasteiger partial charge in [0.05, 0.1) is 11.1 Å². The fourth-order valence-electron chi connectivity index (χ4n) is 11.4. The maximum atomic E-state index is 2.55. The molecule has 0 unspecified atom stereocenters. The summed E-state index contributed by atoms with van der Waals surface area (Å²) in [6.45, 7) is 1.02. The number of fused-ring (bicyclic) bond motifs is 14. The maximum Gasteiger partial charge on any atom is 0.0726 e. The molecule has 2 heterocycles. The monoisotopic (exact) mass is 778 g/mol. The van der Waals surface area contributed by atoms with E-state index in [9.17, 15) is 0 Å². The van der Waals surface area contributed by atoms with Crippen molar-refractivity contribution in [3.8, 4) is 22.3 Å². The topological polar surface area (TPSA) is 6.48 Å². The molecule has 0 atom stereocenters. The summed E-state index contributed by atoms with van der Waals surface area (Å²) in [4.78, 5) is 5.02. The van der Waals surface area contributed by atoms with Crippen LogP contribution in [0.5, 0.6) is 0 Å². The molecule has 2 nitrogen and oxygen atoms in total. The third kappa shape index (κ3) is 4.97. The summed E-state index contributed by atoms with van der Waals surface area (Å²) < 4.78 is 0. The lowest BCUT2D eigenvalue weighted by Crippen LogP contribution is -2.27. The summed E-state index contributed by atoms with van der Waals surface area (Å²) in [5, 5.41) is 2.48. The molecule has 2 aliphatic carbocycles. The summed E-state index contributed by atoms with van der Waals surface area (Å²) in [7, 11) is 0. The van der Waals surface area contributed by atoms with Crippen molar-refractivity contribution in [3.63, 3.8) is 0 Å². The molecule has 4 aliphatic rings. The zero-order valence-electron chi connectivity index (χ0n) is 33.9. The van der Waals surface area contributed by atoms with E-state index in [0.29, 0.717) is 0 Å². The molecule has 288 valence electrons. The van der Waals surface area contributed by atoms with Crippen molar-refractivity contribution in [1.29, 1.82) is 0 Å². The van der Waals surface area contributed by atoms with Crippen molar-refractivity contribution < 1.29 is 0 Å². The normalized spacial score (nSPS) is 15.0. The van der Waals surface area contributed by atoms with E-state index in [0.717, 1.165) is 25.8 Å². The van der Waals surface area contributed by atoms with E-state index in [4.69, 9.17) is 0 Å². The fraction of sp³-hybridized carbons (Fsp3) is 0.0847. The molecular formula is C59H42N2. The van der Waals surface area contributed by atoms with Gasteiger partial charge >= 0.3 is 0 Å². The van der Waals surface area contributed by atoms with Crippen LogP contribution in [0.25, 0.3) is 45.2 Å². The molecule has 9 aromatic rings. The van der Waals surface area contributed by atoms with Crippen LogP contribution in [0.1, 0.15) is 56.5 Å². The van der Waals surface area contributed by atoms with E-state index in [1.165, 1.54) is 112 Å². The summed E-state index contributed by atoms with van der Waals surface area (Å²) >= 11 is 0. The van der Waals surface area contributed by atoms with Gasteiger partial charge in [0.1, 0.15) is 0 Å². The van der Waals surface area contributed by atoms with Gasteiger partial charge in [0.2, 0.25) is 0 Å². The highest BCUT2D eigenvalue weighted by Crippen LogP contribution is 2.63. The molecule has 1 spiro atoms. The van der Waals surface area contributed by atoms with Gasteiger partial charge in [-0.25, -0.2) is 0 Å². The predicted molar refractivity (Wildman–Crippen MR) is 255 cm³/mol. The Morgan fingerprint density at radius 3 is 1.74 bits per heavy atom. The molecular weight excluding hydrogens is 737 g/mol. The van der Waals surface area contributed by atoms with Crippen LogP contribution in [0.4, 0.5) is 28.4 Å². The van der Waals surface area contributed by atoms with Gasteiger partial charge in [-0.1, -0.05) is 164 Å². The van der Waals surface area contributed by atoms with E-state index in [-0.39, 0.29) is 0 Å². The third-order valence-corrected chi connectivity index (χ3v) is 14.0. The maximum absolute atomic E-state index is 2.55. The first-order chi connectivity index (χ1) is 30.3. The van der Waals surface area contributed by atoms with Crippen molar-refractivity contribution >= 4 is 51.4 Å². The minimum absolute atomic E-state index is 0.428. The average molecular weight is 779 g/mol. The number of anilines is 5. The van der Waals surface area contributed by atoms with Gasteiger partial charge in [-0.15, -0.1) is 0 Å². The second-order valence-corrected chi connectivity index (χ2v) is 17.1. The van der Waals surface area contributed by atoms with Crippen molar-refractivity contribution in [2.45, 2.75) is 24.7 Å². The lowest BCUT2D eigenvalue weighted by molar-refractivity contribution is 0.762. The number of aryl methyl sites for hydroxylation is 1. The number of hydrogen-bond acceptors (Lipinski definition) is 2. The largest absolute Gasteiger partial charge is 0.341 e. The Morgan fingerprint density at radius 2 is 0.984 bits per heavy atom. The van der Waals surface area contributed by atoms with Crippen LogP contribution in [0.3, 0.4) is 0 Å². The Bertz CT molecular complexity index is 3200. The first-order valence-corrected chi connectivity index (χ1v) is 21.8. The highest BCUT2D eigenvalue weighted by molar-refractivity contribution is 6.04. The van der Waals surface area contributed by atoms with Crippen LogP contribution in [0, 0.1) is 0 Å². The summed E-state index contributed by atoms with van der Waals surface area (Å²) in [6, 6.07) is 73.0. The minimum atomic E-state index is -0.428. The Morgan fingerprint density at radius 1 is 0.410 bits per heavy atom. The standard InChI is InChI=1S/C59H42N2/c1-8-25-55-41(14-1)18-13-35-60(55)44-32-34-49-48-33-30-39(36-53(48)59(54(49)38-44)51-23-6-4-19-46(51)47-20-5-7-24-52(47)59)29-31-40-17-11-22-50-45(40)21-12-28-58(50)61-56-26-9-2-15-42(56)37-43-16-3-10-27-57(43)61/h1-12,14-17,19-34,36,38H,13,18,35,37H2. The summed E-state index contributed by atoms with van der Waals surface area (Å²) in [6.07, 6.45) is 7.88. The highest BCUT2D eigenvalue weighted by Gasteiger charge is 2.51. The summed E-state index contributed by atoms with van der Waals surface area (Å²) in [5.41, 5.74) is 23.2. The first-order valence-electron chi connectivity index (χ1n) is 21.8. The van der Waals surface area contributed by atoms with E-state index < -0.39 is 5.41 Å². The minimum Gasteiger partial charge on any atom is -0.341 e. The van der Waals surface area contributed by atoms with Crippen LogP contribution >= 0.6 is 0 Å². The molecule has 13 rings (SSSR count). The lowest BCUT2D eigenvalue weighted by Gasteiger charge is -2.34. The molecule has 2 aliphatic heterocycles. The zero-order valence-corrected chi connectivity index (χ0v) is 33.9. The van der Waals surface area contributed by atoms with Gasteiger partial charge in [-0.05, 0) is 133 Å². The molecule has 9 aromatic carbocycles. The van der Waals surface area contributed by atoms with E-state index in [1.54, 1.807) is 0 Å². The molecule has 61 heavy (non-hydrogen) atoms.